The van der Waals surface area contributed by atoms with Crippen molar-refractivity contribution in [1.82, 2.24) is 5.32 Å². The first-order chi connectivity index (χ1) is 17.0. The van der Waals surface area contributed by atoms with Gasteiger partial charge in [0.2, 0.25) is 5.91 Å². The van der Waals surface area contributed by atoms with Gasteiger partial charge in [-0.1, -0.05) is 85.9 Å². The summed E-state index contributed by atoms with van der Waals surface area (Å²) in [6.45, 7) is 6.47. The Kier molecular flexibility index (Phi) is 9.43. The number of hydrogen-bond donors (Lipinski definition) is 2. The molecule has 2 N–H and O–H groups in total. The van der Waals surface area contributed by atoms with Gasteiger partial charge < -0.3 is 15.2 Å². The first-order valence-corrected chi connectivity index (χ1v) is 13.2. The Hall–Kier alpha value is -3.00. The summed E-state index contributed by atoms with van der Waals surface area (Å²) in [6, 6.07) is 22.1. The Balaban J connectivity index is 1.81. The highest BCUT2D eigenvalue weighted by atomic mass is 35.5. The average molecular weight is 526 g/mol. The Labute approximate surface area is 219 Å². The van der Waals surface area contributed by atoms with E-state index in [0.29, 0.717) is 22.7 Å². The summed E-state index contributed by atoms with van der Waals surface area (Å²) in [6.07, 6.45) is 0.429. The molecule has 8 heteroatoms. The molecule has 0 bridgehead atoms. The number of nitrogens with one attached hydrogen (secondary N) is 2. The summed E-state index contributed by atoms with van der Waals surface area (Å²) < 4.78 is 21.3. The molecule has 6 nitrogen and oxygen atoms in total. The van der Waals surface area contributed by atoms with Crippen LogP contribution < -0.4 is 10.6 Å². The van der Waals surface area contributed by atoms with Gasteiger partial charge in [0.1, 0.15) is 0 Å². The van der Waals surface area contributed by atoms with Crippen molar-refractivity contribution in [2.75, 3.05) is 17.6 Å². The van der Waals surface area contributed by atoms with E-state index in [4.69, 9.17) is 11.6 Å². The monoisotopic (exact) mass is 525 g/mol. The predicted molar refractivity (Wildman–Crippen MR) is 144 cm³/mol. The van der Waals surface area contributed by atoms with Gasteiger partial charge in [0.15, 0.2) is 0 Å². The molecule has 0 saturated heterocycles. The molecule has 190 valence electrons. The fourth-order valence-electron chi connectivity index (χ4n) is 3.75. The zero-order valence-electron chi connectivity index (χ0n) is 20.5. The van der Waals surface area contributed by atoms with Gasteiger partial charge in [-0.2, -0.15) is 0 Å². The van der Waals surface area contributed by atoms with Crippen molar-refractivity contribution in [1.29, 1.82) is 0 Å². The molecule has 0 aliphatic heterocycles. The van der Waals surface area contributed by atoms with E-state index in [1.165, 1.54) is 5.56 Å². The predicted octanol–water partition coefficient (Wildman–Crippen LogP) is 5.21. The molecule has 3 aromatic carbocycles. The van der Waals surface area contributed by atoms with Crippen LogP contribution in [0.15, 0.2) is 72.8 Å². The van der Waals surface area contributed by atoms with Crippen LogP contribution in [-0.2, 0) is 27.7 Å². The molecule has 3 rings (SSSR count). The third kappa shape index (κ3) is 8.01. The molecule has 0 spiro atoms. The first-order valence-electron chi connectivity index (χ1n) is 11.6. The van der Waals surface area contributed by atoms with E-state index in [1.54, 1.807) is 36.4 Å². The van der Waals surface area contributed by atoms with Crippen molar-refractivity contribution >= 4 is 40.2 Å². The fraction of sp³-hybridized carbons (Fsp3) is 0.286. The molecule has 0 saturated carbocycles. The van der Waals surface area contributed by atoms with Crippen molar-refractivity contribution in [3.05, 3.63) is 100 Å². The van der Waals surface area contributed by atoms with Gasteiger partial charge in [-0.15, -0.1) is 0 Å². The highest BCUT2D eigenvalue weighted by molar-refractivity contribution is 7.79. The standard InChI is InChI=1S/C28H31ClN2O4S/c1-28(2,3)22-13-11-20(12-14-22)25(27(33)31-24-6-4-5-23(29)18-24)17-19-7-9-21(10-8-19)26(32)30-15-16-36(34)35/h4-14,18,25H,15-17H2,1-3H3,(H,30,32)(H,31,33)(H,34,35)/p-1. The van der Waals surface area contributed by atoms with Crippen LogP contribution in [0.5, 0.6) is 0 Å². The molecule has 0 radical (unpaired) electrons. The number of benzene rings is 3. The van der Waals surface area contributed by atoms with Gasteiger partial charge in [0, 0.05) is 28.6 Å². The largest absolute Gasteiger partial charge is 0.772 e. The minimum atomic E-state index is -2.20. The molecule has 3 aromatic rings. The maximum atomic E-state index is 13.4. The average Bonchev–Trinajstić information content (AvgIpc) is 2.82. The van der Waals surface area contributed by atoms with E-state index < -0.39 is 17.0 Å². The SMILES string of the molecule is CC(C)(C)c1ccc(C(Cc2ccc(C(=O)NCCS(=O)[O-])cc2)C(=O)Nc2cccc(Cl)c2)cc1. The lowest BCUT2D eigenvalue weighted by Gasteiger charge is -2.22. The van der Waals surface area contributed by atoms with Crippen molar-refractivity contribution in [3.8, 4) is 0 Å². The summed E-state index contributed by atoms with van der Waals surface area (Å²) >= 11 is 3.88. The van der Waals surface area contributed by atoms with Crippen LogP contribution in [0.3, 0.4) is 0 Å². The Morgan fingerprint density at radius 3 is 2.25 bits per heavy atom. The smallest absolute Gasteiger partial charge is 0.251 e. The minimum Gasteiger partial charge on any atom is -0.772 e. The maximum absolute atomic E-state index is 13.4. The summed E-state index contributed by atoms with van der Waals surface area (Å²) in [5.74, 6) is -1.11. The summed E-state index contributed by atoms with van der Waals surface area (Å²) in [5.41, 5.74) is 3.99. The third-order valence-corrected chi connectivity index (χ3v) is 6.57. The van der Waals surface area contributed by atoms with Gasteiger partial charge in [-0.25, -0.2) is 0 Å². The summed E-state index contributed by atoms with van der Waals surface area (Å²) in [5, 5.41) is 6.08. The second-order valence-corrected chi connectivity index (χ2v) is 11.0. The van der Waals surface area contributed by atoms with E-state index in [-0.39, 0.29) is 29.5 Å². The zero-order valence-corrected chi connectivity index (χ0v) is 22.1. The van der Waals surface area contributed by atoms with Crippen LogP contribution in [0, 0.1) is 0 Å². The molecule has 2 atom stereocenters. The summed E-state index contributed by atoms with van der Waals surface area (Å²) in [7, 11) is 0. The molecule has 2 amide bonds. The van der Waals surface area contributed by atoms with Crippen molar-refractivity contribution in [2.45, 2.75) is 38.5 Å². The second kappa shape index (κ2) is 12.3. The molecule has 0 aromatic heterocycles. The van der Waals surface area contributed by atoms with Gasteiger partial charge in [0.25, 0.3) is 5.91 Å². The number of hydrogen-bond acceptors (Lipinski definition) is 4. The Morgan fingerprint density at radius 2 is 1.67 bits per heavy atom. The zero-order chi connectivity index (χ0) is 26.3. The van der Waals surface area contributed by atoms with Crippen LogP contribution in [0.2, 0.25) is 5.02 Å². The highest BCUT2D eigenvalue weighted by Crippen LogP contribution is 2.28. The van der Waals surface area contributed by atoms with E-state index in [0.717, 1.165) is 11.1 Å². The highest BCUT2D eigenvalue weighted by Gasteiger charge is 2.23. The molecular weight excluding hydrogens is 496 g/mol. The van der Waals surface area contributed by atoms with Crippen molar-refractivity contribution in [2.24, 2.45) is 0 Å². The van der Waals surface area contributed by atoms with Gasteiger partial charge in [-0.3, -0.25) is 13.8 Å². The van der Waals surface area contributed by atoms with Gasteiger partial charge in [0.05, 0.1) is 5.92 Å². The first kappa shape index (κ1) is 27.6. The number of halogens is 1. The second-order valence-electron chi connectivity index (χ2n) is 9.59. The quantitative estimate of drug-likeness (QED) is 0.374. The van der Waals surface area contributed by atoms with E-state index in [9.17, 15) is 18.4 Å². The molecule has 0 heterocycles. The topological polar surface area (TPSA) is 98.3 Å². The van der Waals surface area contributed by atoms with Crippen LogP contribution in [0.1, 0.15) is 53.7 Å². The summed E-state index contributed by atoms with van der Waals surface area (Å²) in [4.78, 5) is 25.6. The lowest BCUT2D eigenvalue weighted by molar-refractivity contribution is -0.117. The molecule has 0 fully saturated rings. The van der Waals surface area contributed by atoms with Crippen molar-refractivity contribution < 1.29 is 18.4 Å². The minimum absolute atomic E-state index is 0.00376. The third-order valence-electron chi connectivity index (χ3n) is 5.80. The number of anilines is 1. The van der Waals surface area contributed by atoms with Crippen LogP contribution >= 0.6 is 11.6 Å². The van der Waals surface area contributed by atoms with Crippen LogP contribution in [-0.4, -0.2) is 32.9 Å². The molecule has 0 aliphatic rings. The van der Waals surface area contributed by atoms with Gasteiger partial charge in [-0.05, 0) is 58.9 Å². The Bertz CT molecular complexity index is 1220. The lowest BCUT2D eigenvalue weighted by Crippen LogP contribution is -2.27. The van der Waals surface area contributed by atoms with Crippen molar-refractivity contribution in [3.63, 3.8) is 0 Å². The molecule has 36 heavy (non-hydrogen) atoms. The van der Waals surface area contributed by atoms with E-state index in [2.05, 4.69) is 43.5 Å². The normalized spacial score (nSPS) is 13.0. The van der Waals surface area contributed by atoms with E-state index >= 15 is 0 Å². The fourth-order valence-corrected chi connectivity index (χ4v) is 4.21. The van der Waals surface area contributed by atoms with E-state index in [1.807, 2.05) is 24.3 Å². The number of rotatable bonds is 9. The van der Waals surface area contributed by atoms with Gasteiger partial charge >= 0.3 is 0 Å². The molecule has 2 unspecified atom stereocenters. The van der Waals surface area contributed by atoms with Crippen LogP contribution in [0.4, 0.5) is 5.69 Å². The number of carbonyl (C=O) groups excluding carboxylic acids is 2. The molecular formula is C28H30ClN2O4S-. The lowest BCUT2D eigenvalue weighted by atomic mass is 9.84. The number of carbonyl (C=O) groups is 2. The molecule has 0 aliphatic carbocycles. The maximum Gasteiger partial charge on any atom is 0.251 e. The Morgan fingerprint density at radius 1 is 1.00 bits per heavy atom. The number of amides is 2. The van der Waals surface area contributed by atoms with Crippen LogP contribution in [0.25, 0.3) is 0 Å².